The standard InChI is InChI=1S/C13H19Br2NO2S/c1-4-5-16-13(8-19(3,17)18)10-7-11(14)9(2)6-12(10)15/h6-7,13,16H,4-5,8H2,1-3H3. The number of benzene rings is 1. The van der Waals surface area contributed by atoms with Crippen LogP contribution in [0.3, 0.4) is 0 Å². The molecule has 108 valence electrons. The summed E-state index contributed by atoms with van der Waals surface area (Å²) in [4.78, 5) is 0. The Balaban J connectivity index is 3.13. The fourth-order valence-corrected chi connectivity index (χ4v) is 3.81. The van der Waals surface area contributed by atoms with Crippen LogP contribution in [0.4, 0.5) is 0 Å². The highest BCUT2D eigenvalue weighted by atomic mass is 79.9. The van der Waals surface area contributed by atoms with Crippen molar-refractivity contribution in [2.75, 3.05) is 18.6 Å². The number of rotatable bonds is 6. The van der Waals surface area contributed by atoms with E-state index in [2.05, 4.69) is 44.1 Å². The highest BCUT2D eigenvalue weighted by molar-refractivity contribution is 9.11. The molecule has 0 saturated heterocycles. The molecule has 0 aliphatic rings. The van der Waals surface area contributed by atoms with Crippen molar-refractivity contribution in [3.63, 3.8) is 0 Å². The Kier molecular flexibility index (Phi) is 6.50. The summed E-state index contributed by atoms with van der Waals surface area (Å²) < 4.78 is 25.1. The molecule has 0 bridgehead atoms. The van der Waals surface area contributed by atoms with Gasteiger partial charge in [0.1, 0.15) is 9.84 Å². The zero-order chi connectivity index (χ0) is 14.6. The summed E-state index contributed by atoms with van der Waals surface area (Å²) >= 11 is 7.02. The van der Waals surface area contributed by atoms with Crippen molar-refractivity contribution >= 4 is 41.7 Å². The minimum Gasteiger partial charge on any atom is -0.309 e. The van der Waals surface area contributed by atoms with Gasteiger partial charge in [0.2, 0.25) is 0 Å². The highest BCUT2D eigenvalue weighted by Gasteiger charge is 2.20. The van der Waals surface area contributed by atoms with E-state index in [1.807, 2.05) is 19.1 Å². The molecule has 1 aromatic rings. The number of sulfone groups is 1. The van der Waals surface area contributed by atoms with Gasteiger partial charge in [-0.1, -0.05) is 38.8 Å². The second kappa shape index (κ2) is 7.20. The van der Waals surface area contributed by atoms with Crippen LogP contribution < -0.4 is 5.32 Å². The molecule has 0 saturated carbocycles. The van der Waals surface area contributed by atoms with Gasteiger partial charge in [0.05, 0.1) is 5.75 Å². The lowest BCUT2D eigenvalue weighted by Crippen LogP contribution is -2.28. The van der Waals surface area contributed by atoms with Crippen LogP contribution in [0.1, 0.15) is 30.5 Å². The quantitative estimate of drug-likeness (QED) is 0.776. The van der Waals surface area contributed by atoms with Gasteiger partial charge in [-0.15, -0.1) is 0 Å². The van der Waals surface area contributed by atoms with Crippen molar-refractivity contribution in [3.8, 4) is 0 Å². The Morgan fingerprint density at radius 3 is 2.42 bits per heavy atom. The van der Waals surface area contributed by atoms with Crippen LogP contribution in [0.15, 0.2) is 21.1 Å². The third kappa shape index (κ3) is 5.53. The van der Waals surface area contributed by atoms with Gasteiger partial charge in [0.25, 0.3) is 0 Å². The van der Waals surface area contributed by atoms with Gasteiger partial charge in [-0.25, -0.2) is 8.42 Å². The summed E-state index contributed by atoms with van der Waals surface area (Å²) in [5, 5.41) is 3.30. The molecule has 1 aromatic carbocycles. The summed E-state index contributed by atoms with van der Waals surface area (Å²) in [6.45, 7) is 4.85. The van der Waals surface area contributed by atoms with Crippen molar-refractivity contribution in [2.24, 2.45) is 0 Å². The first-order valence-electron chi connectivity index (χ1n) is 6.11. The molecule has 0 heterocycles. The predicted molar refractivity (Wildman–Crippen MR) is 87.3 cm³/mol. The molecule has 0 amide bonds. The van der Waals surface area contributed by atoms with Crippen LogP contribution in [-0.2, 0) is 9.84 Å². The second-order valence-corrected chi connectivity index (χ2v) is 8.62. The van der Waals surface area contributed by atoms with Crippen LogP contribution in [-0.4, -0.2) is 27.0 Å². The first kappa shape index (κ1) is 17.1. The summed E-state index contributed by atoms with van der Waals surface area (Å²) in [5.74, 6) is 0.0983. The van der Waals surface area contributed by atoms with Crippen LogP contribution in [0.5, 0.6) is 0 Å². The second-order valence-electron chi connectivity index (χ2n) is 4.72. The molecule has 1 N–H and O–H groups in total. The van der Waals surface area contributed by atoms with Gasteiger partial charge in [-0.3, -0.25) is 0 Å². The molecular weight excluding hydrogens is 394 g/mol. The predicted octanol–water partition coefficient (Wildman–Crippen LogP) is 3.61. The molecule has 1 atom stereocenters. The summed E-state index contributed by atoms with van der Waals surface area (Å²) in [6.07, 6.45) is 2.23. The number of nitrogens with one attached hydrogen (secondary N) is 1. The largest absolute Gasteiger partial charge is 0.309 e. The van der Waals surface area contributed by atoms with Gasteiger partial charge in [0.15, 0.2) is 0 Å². The lowest BCUT2D eigenvalue weighted by Gasteiger charge is -2.20. The van der Waals surface area contributed by atoms with E-state index in [-0.39, 0.29) is 11.8 Å². The fraction of sp³-hybridized carbons (Fsp3) is 0.538. The highest BCUT2D eigenvalue weighted by Crippen LogP contribution is 2.30. The van der Waals surface area contributed by atoms with Crippen LogP contribution >= 0.6 is 31.9 Å². The van der Waals surface area contributed by atoms with E-state index >= 15 is 0 Å². The Morgan fingerprint density at radius 1 is 1.26 bits per heavy atom. The third-order valence-corrected chi connectivity index (χ3v) is 5.24. The maximum atomic E-state index is 11.6. The topological polar surface area (TPSA) is 46.2 Å². The first-order valence-corrected chi connectivity index (χ1v) is 9.76. The van der Waals surface area contributed by atoms with Crippen molar-refractivity contribution < 1.29 is 8.42 Å². The molecule has 0 aromatic heterocycles. The summed E-state index contributed by atoms with van der Waals surface area (Å²) in [7, 11) is -3.04. The molecular formula is C13H19Br2NO2S. The van der Waals surface area contributed by atoms with Gasteiger partial charge in [-0.2, -0.15) is 0 Å². The van der Waals surface area contributed by atoms with Gasteiger partial charge in [-0.05, 0) is 43.1 Å². The van der Waals surface area contributed by atoms with Crippen molar-refractivity contribution in [1.29, 1.82) is 0 Å². The average molecular weight is 413 g/mol. The molecule has 0 radical (unpaired) electrons. The number of hydrogen-bond acceptors (Lipinski definition) is 3. The van der Waals surface area contributed by atoms with Gasteiger partial charge >= 0.3 is 0 Å². The van der Waals surface area contributed by atoms with Crippen molar-refractivity contribution in [3.05, 3.63) is 32.2 Å². The minimum absolute atomic E-state index is 0.0983. The van der Waals surface area contributed by atoms with Crippen LogP contribution in [0.25, 0.3) is 0 Å². The Labute approximate surface area is 132 Å². The summed E-state index contributed by atoms with van der Waals surface area (Å²) in [6, 6.07) is 3.79. The maximum Gasteiger partial charge on any atom is 0.149 e. The Bertz CT molecular complexity index is 544. The molecule has 6 heteroatoms. The number of hydrogen-bond donors (Lipinski definition) is 1. The molecule has 19 heavy (non-hydrogen) atoms. The lowest BCUT2D eigenvalue weighted by molar-refractivity contribution is 0.548. The van der Waals surface area contributed by atoms with Gasteiger partial charge < -0.3 is 5.32 Å². The SMILES string of the molecule is CCCNC(CS(C)(=O)=O)c1cc(Br)c(C)cc1Br. The molecule has 3 nitrogen and oxygen atoms in total. The Morgan fingerprint density at radius 2 is 1.89 bits per heavy atom. The molecule has 1 rings (SSSR count). The third-order valence-electron chi connectivity index (χ3n) is 2.76. The van der Waals surface area contributed by atoms with Gasteiger partial charge in [0, 0.05) is 21.2 Å². The van der Waals surface area contributed by atoms with E-state index in [0.29, 0.717) is 0 Å². The molecule has 1 unspecified atom stereocenters. The summed E-state index contributed by atoms with van der Waals surface area (Å²) in [5.41, 5.74) is 2.08. The van der Waals surface area contributed by atoms with Crippen LogP contribution in [0.2, 0.25) is 0 Å². The Hall–Kier alpha value is 0.0900. The normalized spacial score (nSPS) is 13.5. The minimum atomic E-state index is -3.04. The van der Waals surface area contributed by atoms with E-state index in [4.69, 9.17) is 0 Å². The lowest BCUT2D eigenvalue weighted by atomic mass is 10.1. The van der Waals surface area contributed by atoms with Crippen molar-refractivity contribution in [1.82, 2.24) is 5.32 Å². The maximum absolute atomic E-state index is 11.6. The monoisotopic (exact) mass is 411 g/mol. The molecule has 0 aliphatic heterocycles. The van der Waals surface area contributed by atoms with E-state index in [9.17, 15) is 8.42 Å². The zero-order valence-electron chi connectivity index (χ0n) is 11.3. The van der Waals surface area contributed by atoms with E-state index in [1.165, 1.54) is 6.26 Å². The van der Waals surface area contributed by atoms with E-state index in [0.717, 1.165) is 33.0 Å². The molecule has 0 spiro atoms. The van der Waals surface area contributed by atoms with Crippen molar-refractivity contribution in [2.45, 2.75) is 26.3 Å². The average Bonchev–Trinajstić information content (AvgIpc) is 2.28. The first-order chi connectivity index (χ1) is 8.74. The van der Waals surface area contributed by atoms with E-state index in [1.54, 1.807) is 0 Å². The zero-order valence-corrected chi connectivity index (χ0v) is 15.3. The number of halogens is 2. The smallest absolute Gasteiger partial charge is 0.149 e. The van der Waals surface area contributed by atoms with E-state index < -0.39 is 9.84 Å². The van der Waals surface area contributed by atoms with Crippen LogP contribution in [0, 0.1) is 6.92 Å². The molecule has 0 aliphatic carbocycles. The number of aryl methyl sites for hydroxylation is 1. The molecule has 0 fully saturated rings. The fourth-order valence-electron chi connectivity index (χ4n) is 1.81.